The van der Waals surface area contributed by atoms with Crippen LogP contribution in [0.1, 0.15) is 0 Å². The zero-order valence-electron chi connectivity index (χ0n) is 22.3. The first kappa shape index (κ1) is 26.8. The highest BCUT2D eigenvalue weighted by Crippen LogP contribution is 2.35. The van der Waals surface area contributed by atoms with Crippen molar-refractivity contribution in [2.75, 3.05) is 7.11 Å². The molecule has 0 saturated heterocycles. The third-order valence-electron chi connectivity index (χ3n) is 6.93. The number of aromatic amines is 2. The smallest absolute Gasteiger partial charge is 0.184 e. The van der Waals surface area contributed by atoms with E-state index in [0.717, 1.165) is 55.9 Å². The molecule has 0 radical (unpaired) electrons. The van der Waals surface area contributed by atoms with Crippen LogP contribution in [0.15, 0.2) is 86.0 Å². The molecule has 2 N–H and O–H groups in total. The summed E-state index contributed by atoms with van der Waals surface area (Å²) >= 11 is 2.01. The van der Waals surface area contributed by atoms with Gasteiger partial charge in [0.2, 0.25) is 0 Å². The molecule has 0 aliphatic heterocycles. The summed E-state index contributed by atoms with van der Waals surface area (Å²) in [6.45, 7) is 0. The molecule has 9 nitrogen and oxygen atoms in total. The summed E-state index contributed by atoms with van der Waals surface area (Å²) in [7, 11) is 1.44. The first-order valence-corrected chi connectivity index (χ1v) is 14.0. The summed E-state index contributed by atoms with van der Waals surface area (Å²) < 4.78 is 33.5. The number of pyridine rings is 6. The fourth-order valence-corrected chi connectivity index (χ4v) is 5.63. The fraction of sp³-hybridized carbons (Fsp3) is 0.0323. The summed E-state index contributed by atoms with van der Waals surface area (Å²) in [5.41, 5.74) is 6.23. The summed E-state index contributed by atoms with van der Waals surface area (Å²) in [5, 5.41) is 3.13. The van der Waals surface area contributed by atoms with Crippen molar-refractivity contribution in [3.8, 4) is 28.3 Å². The van der Waals surface area contributed by atoms with Gasteiger partial charge in [0.1, 0.15) is 11.3 Å². The van der Waals surface area contributed by atoms with E-state index in [0.29, 0.717) is 20.3 Å². The lowest BCUT2D eigenvalue weighted by Crippen LogP contribution is -1.90. The summed E-state index contributed by atoms with van der Waals surface area (Å²) in [6, 6.07) is 11.4. The van der Waals surface area contributed by atoms with E-state index in [4.69, 9.17) is 4.74 Å². The third-order valence-corrected chi connectivity index (χ3v) is 7.99. The number of fused-ring (bicyclic) bond motifs is 6. The predicted octanol–water partition coefficient (Wildman–Crippen LogP) is 7.24. The Balaban J connectivity index is 0.000000140. The normalized spacial score (nSPS) is 11.3. The van der Waals surface area contributed by atoms with Gasteiger partial charge in [-0.05, 0) is 59.0 Å². The molecule has 0 atom stereocenters. The summed E-state index contributed by atoms with van der Waals surface area (Å²) in [6.07, 6.45) is 12.7. The van der Waals surface area contributed by atoms with Crippen molar-refractivity contribution in [1.82, 2.24) is 39.9 Å². The van der Waals surface area contributed by atoms with E-state index in [1.807, 2.05) is 59.0 Å². The SMILES string of the molecule is COc1c(F)cnc2[nH]c3cnc(-c4cccnc4)cc3c12.Fc1cnc2[nH]c3cnc(-c4cccnc4)cc3c2c1I. The van der Waals surface area contributed by atoms with E-state index in [-0.39, 0.29) is 11.6 Å². The van der Waals surface area contributed by atoms with E-state index in [1.165, 1.54) is 13.3 Å². The van der Waals surface area contributed by atoms with Crippen molar-refractivity contribution in [1.29, 1.82) is 0 Å². The quantitative estimate of drug-likeness (QED) is 0.189. The average Bonchev–Trinajstić information content (AvgIpc) is 3.62. The molecule has 43 heavy (non-hydrogen) atoms. The van der Waals surface area contributed by atoms with Gasteiger partial charge in [0, 0.05) is 52.1 Å². The average molecular weight is 684 g/mol. The molecular weight excluding hydrogens is 665 g/mol. The van der Waals surface area contributed by atoms with Crippen molar-refractivity contribution >= 4 is 66.5 Å². The number of hydrogen-bond donors (Lipinski definition) is 2. The molecule has 210 valence electrons. The maximum Gasteiger partial charge on any atom is 0.184 e. The Morgan fingerprint density at radius 2 is 1.21 bits per heavy atom. The third kappa shape index (κ3) is 4.78. The number of nitrogens with zero attached hydrogens (tertiary/aromatic N) is 6. The molecule has 0 aliphatic rings. The van der Waals surface area contributed by atoms with Gasteiger partial charge in [0.05, 0.1) is 63.3 Å². The zero-order valence-corrected chi connectivity index (χ0v) is 24.5. The van der Waals surface area contributed by atoms with E-state index in [1.54, 1.807) is 37.2 Å². The lowest BCUT2D eigenvalue weighted by atomic mass is 10.1. The van der Waals surface area contributed by atoms with Crippen molar-refractivity contribution < 1.29 is 13.5 Å². The molecule has 0 amide bonds. The Bertz CT molecular complexity index is 2270. The van der Waals surface area contributed by atoms with Gasteiger partial charge >= 0.3 is 0 Å². The van der Waals surface area contributed by atoms with Gasteiger partial charge in [0.15, 0.2) is 17.4 Å². The standard InChI is InChI=1S/C16H11FN4O.C15H8FIN4/c1-22-15-11(17)7-20-16-14(15)10-5-12(19-8-13(10)21-16)9-3-2-4-18-6-9;16-10-6-20-15-13(14(10)17)9-4-11(19-7-12(9)21-15)8-2-1-3-18-5-8/h2-8H,1H3,(H,20,21);1-7H,(H,20,21). The minimum atomic E-state index is -0.490. The van der Waals surface area contributed by atoms with E-state index < -0.39 is 5.82 Å². The molecule has 8 heterocycles. The fourth-order valence-electron chi connectivity index (χ4n) is 4.94. The number of H-pyrrole nitrogens is 2. The number of hydrogen-bond acceptors (Lipinski definition) is 7. The van der Waals surface area contributed by atoms with Crippen LogP contribution in [0.5, 0.6) is 5.75 Å². The number of halogens is 3. The monoisotopic (exact) mass is 684 g/mol. The molecule has 0 saturated carbocycles. The van der Waals surface area contributed by atoms with Crippen LogP contribution >= 0.6 is 22.6 Å². The lowest BCUT2D eigenvalue weighted by Gasteiger charge is -2.04. The number of aromatic nitrogens is 8. The Morgan fingerprint density at radius 1 is 0.674 bits per heavy atom. The van der Waals surface area contributed by atoms with Crippen LogP contribution in [0.3, 0.4) is 0 Å². The molecule has 0 bridgehead atoms. The van der Waals surface area contributed by atoms with Gasteiger partial charge in [-0.2, -0.15) is 0 Å². The molecule has 0 fully saturated rings. The predicted molar refractivity (Wildman–Crippen MR) is 168 cm³/mol. The Labute approximate surface area is 255 Å². The Morgan fingerprint density at radius 3 is 1.74 bits per heavy atom. The number of rotatable bonds is 3. The van der Waals surface area contributed by atoms with Gasteiger partial charge in [-0.15, -0.1) is 0 Å². The van der Waals surface area contributed by atoms with E-state index in [9.17, 15) is 8.78 Å². The number of nitrogens with one attached hydrogen (secondary N) is 2. The van der Waals surface area contributed by atoms with Gasteiger partial charge < -0.3 is 14.7 Å². The Hall–Kier alpha value is -5.11. The first-order chi connectivity index (χ1) is 21.0. The Kier molecular flexibility index (Phi) is 6.81. The van der Waals surface area contributed by atoms with Gasteiger partial charge in [-0.3, -0.25) is 19.9 Å². The second-order valence-electron chi connectivity index (χ2n) is 9.47. The van der Waals surface area contributed by atoms with Crippen LogP contribution in [0.25, 0.3) is 66.4 Å². The molecule has 8 aromatic rings. The minimum absolute atomic E-state index is 0.180. The molecule has 0 aliphatic carbocycles. The zero-order chi connectivity index (χ0) is 29.5. The highest BCUT2D eigenvalue weighted by atomic mass is 127. The van der Waals surface area contributed by atoms with Crippen molar-refractivity contribution in [2.24, 2.45) is 0 Å². The van der Waals surface area contributed by atoms with Crippen molar-refractivity contribution in [3.05, 3.63) is 101 Å². The van der Waals surface area contributed by atoms with Gasteiger partial charge in [0.25, 0.3) is 0 Å². The summed E-state index contributed by atoms with van der Waals surface area (Å²) in [5.74, 6) is -0.626. The lowest BCUT2D eigenvalue weighted by molar-refractivity contribution is 0.391. The van der Waals surface area contributed by atoms with E-state index in [2.05, 4.69) is 39.9 Å². The van der Waals surface area contributed by atoms with Crippen LogP contribution in [-0.4, -0.2) is 47.0 Å². The maximum atomic E-state index is 13.9. The second-order valence-corrected chi connectivity index (χ2v) is 10.5. The minimum Gasteiger partial charge on any atom is -0.493 e. The molecule has 0 unspecified atom stereocenters. The van der Waals surface area contributed by atoms with Crippen molar-refractivity contribution in [3.63, 3.8) is 0 Å². The number of ether oxygens (including phenoxy) is 1. The van der Waals surface area contributed by atoms with Gasteiger partial charge in [-0.1, -0.05) is 0 Å². The van der Waals surface area contributed by atoms with Crippen LogP contribution in [-0.2, 0) is 0 Å². The van der Waals surface area contributed by atoms with Crippen LogP contribution in [0, 0.1) is 15.2 Å². The largest absolute Gasteiger partial charge is 0.493 e. The molecule has 12 heteroatoms. The molecule has 0 aromatic carbocycles. The topological polar surface area (TPSA) is 118 Å². The first-order valence-electron chi connectivity index (χ1n) is 12.9. The number of methoxy groups -OCH3 is 1. The van der Waals surface area contributed by atoms with Crippen LogP contribution in [0.4, 0.5) is 8.78 Å². The molecule has 8 rings (SSSR count). The maximum absolute atomic E-state index is 13.9. The second kappa shape index (κ2) is 10.9. The molecule has 8 aromatic heterocycles. The van der Waals surface area contributed by atoms with E-state index >= 15 is 0 Å². The molecular formula is C31H19F2IN8O. The highest BCUT2D eigenvalue weighted by molar-refractivity contribution is 14.1. The molecule has 0 spiro atoms. The van der Waals surface area contributed by atoms with Crippen LogP contribution < -0.4 is 4.74 Å². The van der Waals surface area contributed by atoms with Gasteiger partial charge in [-0.25, -0.2) is 18.7 Å². The highest BCUT2D eigenvalue weighted by Gasteiger charge is 2.16. The van der Waals surface area contributed by atoms with Crippen LogP contribution in [0.2, 0.25) is 0 Å². The van der Waals surface area contributed by atoms with Crippen molar-refractivity contribution in [2.45, 2.75) is 0 Å². The summed E-state index contributed by atoms with van der Waals surface area (Å²) in [4.78, 5) is 31.5.